The van der Waals surface area contributed by atoms with E-state index in [4.69, 9.17) is 4.98 Å². The number of carbonyl (C=O) groups excluding carboxylic acids is 1. The van der Waals surface area contributed by atoms with Gasteiger partial charge in [0.25, 0.3) is 5.56 Å². The van der Waals surface area contributed by atoms with E-state index < -0.39 is 0 Å². The maximum absolute atomic E-state index is 13.4. The van der Waals surface area contributed by atoms with Crippen LogP contribution < -0.4 is 5.56 Å². The van der Waals surface area contributed by atoms with Gasteiger partial charge >= 0.3 is 0 Å². The lowest BCUT2D eigenvalue weighted by atomic mass is 10.1. The van der Waals surface area contributed by atoms with Gasteiger partial charge in [-0.1, -0.05) is 38.1 Å². The summed E-state index contributed by atoms with van der Waals surface area (Å²) < 4.78 is 1.66. The molecule has 1 amide bonds. The second kappa shape index (κ2) is 9.03. The van der Waals surface area contributed by atoms with Crippen molar-refractivity contribution >= 4 is 16.8 Å². The molecule has 152 valence electrons. The Balaban J connectivity index is 2.23. The number of aromatic nitrogens is 2. The third-order valence-corrected chi connectivity index (χ3v) is 5.37. The molecule has 1 atom stereocenters. The van der Waals surface area contributed by atoms with E-state index in [0.717, 1.165) is 18.5 Å². The molecule has 29 heavy (non-hydrogen) atoms. The van der Waals surface area contributed by atoms with Crippen LogP contribution in [0, 0.1) is 0 Å². The Morgan fingerprint density at radius 1 is 1.07 bits per heavy atom. The highest BCUT2D eigenvalue weighted by molar-refractivity contribution is 5.79. The number of fused-ring (bicyclic) bond motifs is 1. The Hall–Kier alpha value is -2.95. The summed E-state index contributed by atoms with van der Waals surface area (Å²) in [4.78, 5) is 32.8. The molecule has 0 spiro atoms. The fourth-order valence-corrected chi connectivity index (χ4v) is 3.72. The molecule has 0 fully saturated rings. The summed E-state index contributed by atoms with van der Waals surface area (Å²) in [6, 6.07) is 15.0. The maximum atomic E-state index is 13.4. The molecule has 3 aromatic rings. The average molecular weight is 392 g/mol. The van der Waals surface area contributed by atoms with Crippen LogP contribution >= 0.6 is 0 Å². The third-order valence-electron chi connectivity index (χ3n) is 5.37. The van der Waals surface area contributed by atoms with Gasteiger partial charge in [-0.2, -0.15) is 0 Å². The van der Waals surface area contributed by atoms with Crippen molar-refractivity contribution in [1.82, 2.24) is 14.5 Å². The van der Waals surface area contributed by atoms with Crippen LogP contribution in [-0.4, -0.2) is 26.9 Å². The Kier molecular flexibility index (Phi) is 6.47. The second-order valence-corrected chi connectivity index (χ2v) is 7.25. The van der Waals surface area contributed by atoms with Gasteiger partial charge in [-0.05, 0) is 56.5 Å². The van der Waals surface area contributed by atoms with Crippen molar-refractivity contribution in [3.05, 3.63) is 70.3 Å². The SMILES string of the molecule is CCCC(=O)N(CC)C(C)c1nc2ccccc2c(=O)n1-c1ccc(CC)cc1. The molecular weight excluding hydrogens is 362 g/mol. The summed E-state index contributed by atoms with van der Waals surface area (Å²) in [5.41, 5.74) is 2.52. The van der Waals surface area contributed by atoms with Crippen molar-refractivity contribution < 1.29 is 4.79 Å². The minimum absolute atomic E-state index is 0.0813. The molecule has 0 aliphatic rings. The zero-order chi connectivity index (χ0) is 21.0. The van der Waals surface area contributed by atoms with Crippen LogP contribution in [0.15, 0.2) is 53.3 Å². The summed E-state index contributed by atoms with van der Waals surface area (Å²) in [5, 5.41) is 0.575. The van der Waals surface area contributed by atoms with Gasteiger partial charge in [0.1, 0.15) is 5.82 Å². The number of para-hydroxylation sites is 1. The van der Waals surface area contributed by atoms with Gasteiger partial charge in [0.15, 0.2) is 0 Å². The Morgan fingerprint density at radius 2 is 1.76 bits per heavy atom. The lowest BCUT2D eigenvalue weighted by molar-refractivity contribution is -0.133. The first kappa shape index (κ1) is 20.8. The summed E-state index contributed by atoms with van der Waals surface area (Å²) >= 11 is 0. The first-order valence-electron chi connectivity index (χ1n) is 10.4. The number of hydrogen-bond acceptors (Lipinski definition) is 3. The number of amides is 1. The van der Waals surface area contributed by atoms with Gasteiger partial charge in [-0.3, -0.25) is 14.2 Å². The van der Waals surface area contributed by atoms with E-state index in [1.165, 1.54) is 5.56 Å². The molecule has 5 nitrogen and oxygen atoms in total. The van der Waals surface area contributed by atoms with Crippen LogP contribution in [0.25, 0.3) is 16.6 Å². The van der Waals surface area contributed by atoms with Crippen molar-refractivity contribution in [3.8, 4) is 5.69 Å². The molecule has 0 aliphatic carbocycles. The monoisotopic (exact) mass is 391 g/mol. The van der Waals surface area contributed by atoms with Gasteiger partial charge < -0.3 is 4.90 Å². The van der Waals surface area contributed by atoms with Crippen LogP contribution in [-0.2, 0) is 11.2 Å². The largest absolute Gasteiger partial charge is 0.333 e. The molecule has 1 heterocycles. The molecule has 0 bridgehead atoms. The van der Waals surface area contributed by atoms with Crippen molar-refractivity contribution in [2.45, 2.75) is 53.0 Å². The van der Waals surface area contributed by atoms with Crippen molar-refractivity contribution in [2.75, 3.05) is 6.54 Å². The molecule has 3 rings (SSSR count). The Morgan fingerprint density at radius 3 is 2.38 bits per heavy atom. The summed E-state index contributed by atoms with van der Waals surface area (Å²) in [6.07, 6.45) is 2.21. The number of benzene rings is 2. The molecule has 0 radical (unpaired) electrons. The van der Waals surface area contributed by atoms with E-state index in [9.17, 15) is 9.59 Å². The average Bonchev–Trinajstić information content (AvgIpc) is 2.74. The predicted octanol–water partition coefficient (Wildman–Crippen LogP) is 4.66. The van der Waals surface area contributed by atoms with Crippen LogP contribution in [0.1, 0.15) is 58.0 Å². The highest BCUT2D eigenvalue weighted by atomic mass is 16.2. The second-order valence-electron chi connectivity index (χ2n) is 7.25. The number of carbonyl (C=O) groups is 1. The lowest BCUT2D eigenvalue weighted by Gasteiger charge is -2.29. The van der Waals surface area contributed by atoms with E-state index in [2.05, 4.69) is 6.92 Å². The quantitative estimate of drug-likeness (QED) is 0.589. The minimum Gasteiger partial charge on any atom is -0.333 e. The van der Waals surface area contributed by atoms with Gasteiger partial charge in [0.05, 0.1) is 22.6 Å². The standard InChI is InChI=1S/C24H29N3O2/c1-5-10-22(28)26(7-3)17(4)23-25-21-12-9-8-11-20(21)24(29)27(23)19-15-13-18(6-2)14-16-19/h8-9,11-17H,5-7,10H2,1-4H3. The number of hydrogen-bond donors (Lipinski definition) is 0. The molecule has 0 N–H and O–H groups in total. The summed E-state index contributed by atoms with van der Waals surface area (Å²) in [5.74, 6) is 0.669. The molecular formula is C24H29N3O2. The Bertz CT molecular complexity index is 1050. The zero-order valence-electron chi connectivity index (χ0n) is 17.7. The van der Waals surface area contributed by atoms with Gasteiger partial charge in [0.2, 0.25) is 5.91 Å². The first-order valence-corrected chi connectivity index (χ1v) is 10.4. The molecule has 2 aromatic carbocycles. The van der Waals surface area contributed by atoms with Crippen molar-refractivity contribution in [2.24, 2.45) is 0 Å². The third kappa shape index (κ3) is 4.09. The van der Waals surface area contributed by atoms with Gasteiger partial charge in [-0.15, -0.1) is 0 Å². The maximum Gasteiger partial charge on any atom is 0.266 e. The molecule has 0 saturated heterocycles. The van der Waals surface area contributed by atoms with E-state index in [-0.39, 0.29) is 17.5 Å². The molecule has 0 saturated carbocycles. The number of rotatable bonds is 7. The lowest BCUT2D eigenvalue weighted by Crippen LogP contribution is -2.37. The molecule has 5 heteroatoms. The van der Waals surface area contributed by atoms with Gasteiger partial charge in [-0.25, -0.2) is 4.98 Å². The fraction of sp³-hybridized carbons (Fsp3) is 0.375. The predicted molar refractivity (Wildman–Crippen MR) is 117 cm³/mol. The molecule has 0 aliphatic heterocycles. The number of aryl methyl sites for hydroxylation is 1. The molecule has 1 aromatic heterocycles. The Labute approximate surface area is 172 Å². The summed E-state index contributed by atoms with van der Waals surface area (Å²) in [6.45, 7) is 8.58. The van der Waals surface area contributed by atoms with Gasteiger partial charge in [0, 0.05) is 13.0 Å². The molecule has 1 unspecified atom stereocenters. The summed E-state index contributed by atoms with van der Waals surface area (Å²) in [7, 11) is 0. The topological polar surface area (TPSA) is 55.2 Å². The van der Waals surface area contributed by atoms with Crippen LogP contribution in [0.5, 0.6) is 0 Å². The van der Waals surface area contributed by atoms with Crippen LogP contribution in [0.4, 0.5) is 0 Å². The highest BCUT2D eigenvalue weighted by Gasteiger charge is 2.25. The van der Waals surface area contributed by atoms with E-state index in [0.29, 0.717) is 29.7 Å². The van der Waals surface area contributed by atoms with E-state index in [1.54, 1.807) is 15.5 Å². The van der Waals surface area contributed by atoms with Crippen molar-refractivity contribution in [1.29, 1.82) is 0 Å². The first-order chi connectivity index (χ1) is 14.0. The fourth-order valence-electron chi connectivity index (χ4n) is 3.72. The van der Waals surface area contributed by atoms with Crippen molar-refractivity contribution in [3.63, 3.8) is 0 Å². The zero-order valence-corrected chi connectivity index (χ0v) is 17.7. The van der Waals surface area contributed by atoms with Crippen LogP contribution in [0.2, 0.25) is 0 Å². The normalized spacial score (nSPS) is 12.1. The van der Waals surface area contributed by atoms with Crippen LogP contribution in [0.3, 0.4) is 0 Å². The minimum atomic E-state index is -0.317. The highest BCUT2D eigenvalue weighted by Crippen LogP contribution is 2.23. The van der Waals surface area contributed by atoms with E-state index >= 15 is 0 Å². The van der Waals surface area contributed by atoms with E-state index in [1.807, 2.05) is 63.2 Å². The smallest absolute Gasteiger partial charge is 0.266 e. The number of nitrogens with zero attached hydrogens (tertiary/aromatic N) is 3.